The zero-order chi connectivity index (χ0) is 20.0. The van der Waals surface area contributed by atoms with Gasteiger partial charge < -0.3 is 0 Å². The van der Waals surface area contributed by atoms with Gasteiger partial charge in [0.05, 0.1) is 22.5 Å². The summed E-state index contributed by atoms with van der Waals surface area (Å²) in [6.45, 7) is 1.60. The summed E-state index contributed by atoms with van der Waals surface area (Å²) < 4.78 is 54.9. The minimum absolute atomic E-state index is 0.0495. The van der Waals surface area contributed by atoms with Crippen LogP contribution in [0.15, 0.2) is 59.5 Å². The van der Waals surface area contributed by atoms with Crippen molar-refractivity contribution in [1.82, 2.24) is 9.55 Å². The van der Waals surface area contributed by atoms with E-state index in [-0.39, 0.29) is 11.1 Å². The second-order valence-electron chi connectivity index (χ2n) is 6.30. The van der Waals surface area contributed by atoms with Crippen LogP contribution in [-0.2, 0) is 0 Å². The summed E-state index contributed by atoms with van der Waals surface area (Å²) >= 11 is 0. The largest absolute Gasteiger partial charge is 0.284 e. The van der Waals surface area contributed by atoms with Gasteiger partial charge >= 0.3 is 0 Å². The maximum atomic E-state index is 13.5. The van der Waals surface area contributed by atoms with Crippen LogP contribution in [0.25, 0.3) is 27.7 Å². The third-order valence-corrected chi connectivity index (χ3v) is 4.41. The van der Waals surface area contributed by atoms with E-state index in [4.69, 9.17) is 0 Å². The van der Waals surface area contributed by atoms with E-state index in [9.17, 15) is 22.4 Å². The van der Waals surface area contributed by atoms with Crippen molar-refractivity contribution >= 4 is 10.8 Å². The van der Waals surface area contributed by atoms with Crippen LogP contribution in [-0.4, -0.2) is 9.55 Å². The van der Waals surface area contributed by atoms with Crippen molar-refractivity contribution in [3.63, 3.8) is 0 Å². The second-order valence-corrected chi connectivity index (χ2v) is 6.30. The molecule has 0 aliphatic rings. The minimum Gasteiger partial charge on any atom is -0.284 e. The number of benzene rings is 2. The first-order chi connectivity index (χ1) is 13.3. The van der Waals surface area contributed by atoms with Crippen LogP contribution in [0.3, 0.4) is 0 Å². The van der Waals surface area contributed by atoms with Gasteiger partial charge in [0.1, 0.15) is 11.6 Å². The number of fused-ring (bicyclic) bond motifs is 1. The lowest BCUT2D eigenvalue weighted by molar-refractivity contribution is 0.509. The fourth-order valence-electron chi connectivity index (χ4n) is 3.13. The van der Waals surface area contributed by atoms with Gasteiger partial charge in [0.25, 0.3) is 5.56 Å². The normalized spacial score (nSPS) is 11.2. The fraction of sp³-hybridized carbons (Fsp3) is 0.0476. The van der Waals surface area contributed by atoms with Gasteiger partial charge in [-0.3, -0.25) is 14.3 Å². The Morgan fingerprint density at radius 3 is 2.25 bits per heavy atom. The molecule has 0 spiro atoms. The fourth-order valence-corrected chi connectivity index (χ4v) is 3.13. The van der Waals surface area contributed by atoms with Crippen molar-refractivity contribution in [2.45, 2.75) is 6.92 Å². The first-order valence-electron chi connectivity index (χ1n) is 8.28. The smallest absolute Gasteiger partial charge is 0.264 e. The maximum Gasteiger partial charge on any atom is 0.264 e. The summed E-state index contributed by atoms with van der Waals surface area (Å²) in [4.78, 5) is 17.2. The van der Waals surface area contributed by atoms with E-state index in [1.807, 2.05) is 0 Å². The third kappa shape index (κ3) is 3.05. The van der Waals surface area contributed by atoms with Crippen LogP contribution in [0.4, 0.5) is 17.6 Å². The van der Waals surface area contributed by atoms with Gasteiger partial charge in [0.15, 0.2) is 11.6 Å². The zero-order valence-electron chi connectivity index (χ0n) is 14.5. The summed E-state index contributed by atoms with van der Waals surface area (Å²) in [6, 6.07) is 9.41. The highest BCUT2D eigenvalue weighted by atomic mass is 19.2. The molecule has 0 N–H and O–H groups in total. The molecule has 4 rings (SSSR count). The van der Waals surface area contributed by atoms with Crippen LogP contribution in [0.5, 0.6) is 0 Å². The number of pyridine rings is 2. The van der Waals surface area contributed by atoms with Gasteiger partial charge in [-0.15, -0.1) is 0 Å². The maximum absolute atomic E-state index is 13.5. The van der Waals surface area contributed by atoms with Gasteiger partial charge in [-0.25, -0.2) is 17.6 Å². The molecule has 3 nitrogen and oxygen atoms in total. The molecule has 0 fully saturated rings. The molecule has 140 valence electrons. The molecule has 2 aromatic heterocycles. The van der Waals surface area contributed by atoms with Crippen molar-refractivity contribution in [3.05, 3.63) is 94.0 Å². The minimum atomic E-state index is -0.999. The van der Waals surface area contributed by atoms with Gasteiger partial charge in [0, 0.05) is 17.8 Å². The highest BCUT2D eigenvalue weighted by Gasteiger charge is 2.13. The molecule has 2 aromatic carbocycles. The molecule has 0 saturated carbocycles. The average Bonchev–Trinajstić information content (AvgIpc) is 2.63. The van der Waals surface area contributed by atoms with E-state index in [1.54, 1.807) is 19.1 Å². The van der Waals surface area contributed by atoms with E-state index in [0.717, 1.165) is 34.9 Å². The summed E-state index contributed by atoms with van der Waals surface area (Å²) in [5.74, 6) is -3.57. The monoisotopic (exact) mass is 384 g/mol. The Morgan fingerprint density at radius 2 is 1.57 bits per heavy atom. The molecule has 28 heavy (non-hydrogen) atoms. The van der Waals surface area contributed by atoms with E-state index < -0.39 is 28.8 Å². The van der Waals surface area contributed by atoms with Gasteiger partial charge in [-0.2, -0.15) is 0 Å². The van der Waals surface area contributed by atoms with Crippen LogP contribution in [0.2, 0.25) is 0 Å². The summed E-state index contributed by atoms with van der Waals surface area (Å²) in [5, 5.41) is 0.781. The predicted molar refractivity (Wildman–Crippen MR) is 97.3 cm³/mol. The van der Waals surface area contributed by atoms with E-state index in [2.05, 4.69) is 4.98 Å². The number of halogens is 4. The SMILES string of the molecule is Cc1nc(-c2ccc(F)c(F)c2)cc2ccn(-c3cc(F)cc(F)c3)c(=O)c12. The van der Waals surface area contributed by atoms with E-state index in [0.29, 0.717) is 22.3 Å². The number of rotatable bonds is 2. The van der Waals surface area contributed by atoms with E-state index in [1.165, 1.54) is 12.3 Å². The van der Waals surface area contributed by atoms with E-state index >= 15 is 0 Å². The summed E-state index contributed by atoms with van der Waals surface area (Å²) in [6.07, 6.45) is 1.40. The standard InChI is InChI=1S/C21H12F4N2O/c1-11-20-13(7-19(26-11)12-2-3-17(24)18(25)6-12)4-5-27(21(20)28)16-9-14(22)8-15(23)10-16/h2-10H,1H3. The molecule has 0 atom stereocenters. The Bertz CT molecular complexity index is 1280. The van der Waals surface area contributed by atoms with Crippen molar-refractivity contribution < 1.29 is 17.6 Å². The molecule has 0 aliphatic heterocycles. The lowest BCUT2D eigenvalue weighted by Crippen LogP contribution is -2.19. The zero-order valence-corrected chi connectivity index (χ0v) is 14.5. The predicted octanol–water partition coefficient (Wildman–Crippen LogP) is 4.92. The Hall–Kier alpha value is -3.48. The molecule has 0 bridgehead atoms. The Morgan fingerprint density at radius 1 is 0.857 bits per heavy atom. The quantitative estimate of drug-likeness (QED) is 0.460. The third-order valence-electron chi connectivity index (χ3n) is 4.41. The van der Waals surface area contributed by atoms with Crippen molar-refractivity contribution in [1.29, 1.82) is 0 Å². The lowest BCUT2D eigenvalue weighted by atomic mass is 10.1. The number of aromatic nitrogens is 2. The molecule has 0 unspecified atom stereocenters. The second kappa shape index (κ2) is 6.60. The molecule has 0 saturated heterocycles. The Labute approximate surface area is 156 Å². The van der Waals surface area contributed by atoms with Crippen molar-refractivity contribution in [2.75, 3.05) is 0 Å². The van der Waals surface area contributed by atoms with Crippen molar-refractivity contribution in [2.24, 2.45) is 0 Å². The number of nitrogens with zero attached hydrogens (tertiary/aromatic N) is 2. The topological polar surface area (TPSA) is 34.9 Å². The van der Waals surface area contributed by atoms with Crippen LogP contribution < -0.4 is 5.56 Å². The Balaban J connectivity index is 1.91. The van der Waals surface area contributed by atoms with Crippen molar-refractivity contribution in [3.8, 4) is 16.9 Å². The molecule has 0 amide bonds. The van der Waals surface area contributed by atoms with Gasteiger partial charge in [-0.05, 0) is 54.8 Å². The number of hydrogen-bond donors (Lipinski definition) is 0. The average molecular weight is 384 g/mol. The van der Waals surface area contributed by atoms with Crippen LogP contribution in [0, 0.1) is 30.2 Å². The summed E-state index contributed by atoms with van der Waals surface area (Å²) in [5.41, 5.74) is 0.643. The van der Waals surface area contributed by atoms with Gasteiger partial charge in [0.2, 0.25) is 0 Å². The molecular formula is C21H12F4N2O. The van der Waals surface area contributed by atoms with Gasteiger partial charge in [-0.1, -0.05) is 0 Å². The van der Waals surface area contributed by atoms with Crippen LogP contribution >= 0.6 is 0 Å². The summed E-state index contributed by atoms with van der Waals surface area (Å²) in [7, 11) is 0. The molecule has 7 heteroatoms. The molecule has 4 aromatic rings. The Kier molecular flexibility index (Phi) is 4.22. The highest BCUT2D eigenvalue weighted by Crippen LogP contribution is 2.25. The molecular weight excluding hydrogens is 372 g/mol. The lowest BCUT2D eigenvalue weighted by Gasteiger charge is -2.11. The molecule has 0 radical (unpaired) electrons. The molecule has 0 aliphatic carbocycles. The first kappa shape index (κ1) is 17.9. The highest BCUT2D eigenvalue weighted by molar-refractivity contribution is 5.87. The molecule has 2 heterocycles. The number of hydrogen-bond acceptors (Lipinski definition) is 2. The first-order valence-corrected chi connectivity index (χ1v) is 8.28. The number of aryl methyl sites for hydroxylation is 1. The van der Waals surface area contributed by atoms with Crippen LogP contribution in [0.1, 0.15) is 5.69 Å².